The first-order valence-electron chi connectivity index (χ1n) is 6.49. The lowest BCUT2D eigenvalue weighted by Gasteiger charge is -2.13. The van der Waals surface area contributed by atoms with Crippen molar-refractivity contribution in [3.8, 4) is 11.5 Å². The van der Waals surface area contributed by atoms with Crippen LogP contribution in [0.2, 0.25) is 0 Å². The summed E-state index contributed by atoms with van der Waals surface area (Å²) in [6.07, 6.45) is 2.14. The Morgan fingerprint density at radius 2 is 2.10 bits per heavy atom. The molecule has 110 valence electrons. The van der Waals surface area contributed by atoms with E-state index in [1.165, 1.54) is 18.2 Å². The van der Waals surface area contributed by atoms with E-state index < -0.39 is 12.6 Å². The van der Waals surface area contributed by atoms with Crippen LogP contribution in [0.5, 0.6) is 11.5 Å². The highest BCUT2D eigenvalue weighted by Crippen LogP contribution is 2.34. The molecule has 1 saturated carbocycles. The Hall–Kier alpha value is -1.85. The van der Waals surface area contributed by atoms with Crippen molar-refractivity contribution in [2.75, 3.05) is 13.2 Å². The zero-order chi connectivity index (χ0) is 14.5. The molecule has 4 nitrogen and oxygen atoms in total. The predicted octanol–water partition coefficient (Wildman–Crippen LogP) is 3.25. The van der Waals surface area contributed by atoms with Gasteiger partial charge in [-0.15, -0.1) is 0 Å². The zero-order valence-corrected chi connectivity index (χ0v) is 11.1. The van der Waals surface area contributed by atoms with Gasteiger partial charge in [-0.25, -0.2) is 4.79 Å². The highest BCUT2D eigenvalue weighted by Gasteiger charge is 2.23. The fourth-order valence-electron chi connectivity index (χ4n) is 1.65. The minimum absolute atomic E-state index is 0.0753. The molecule has 20 heavy (non-hydrogen) atoms. The van der Waals surface area contributed by atoms with Gasteiger partial charge in [0, 0.05) is 0 Å². The summed E-state index contributed by atoms with van der Waals surface area (Å²) in [6, 6.07) is 4.04. The standard InChI is InChI=1S/C14H16F2O4/c1-2-18-13(17)10-5-6-11(20-14(15)16)12(7-10)19-8-9-3-4-9/h5-7,9,14H,2-4,8H2,1H3. The number of esters is 1. The minimum atomic E-state index is -2.94. The highest BCUT2D eigenvalue weighted by atomic mass is 19.3. The molecule has 0 unspecified atom stereocenters. The summed E-state index contributed by atoms with van der Waals surface area (Å²) >= 11 is 0. The first-order valence-corrected chi connectivity index (χ1v) is 6.49. The van der Waals surface area contributed by atoms with Gasteiger partial charge in [-0.05, 0) is 43.9 Å². The largest absolute Gasteiger partial charge is 0.489 e. The molecule has 1 fully saturated rings. The van der Waals surface area contributed by atoms with Crippen LogP contribution in [0.3, 0.4) is 0 Å². The van der Waals surface area contributed by atoms with Crippen molar-refractivity contribution in [3.63, 3.8) is 0 Å². The quantitative estimate of drug-likeness (QED) is 0.722. The summed E-state index contributed by atoms with van der Waals surface area (Å²) in [4.78, 5) is 11.6. The maximum absolute atomic E-state index is 12.3. The monoisotopic (exact) mass is 286 g/mol. The van der Waals surface area contributed by atoms with E-state index in [0.29, 0.717) is 12.5 Å². The molecule has 2 rings (SSSR count). The molecule has 0 saturated heterocycles. The van der Waals surface area contributed by atoms with Crippen LogP contribution in [0.4, 0.5) is 8.78 Å². The Morgan fingerprint density at radius 1 is 1.35 bits per heavy atom. The topological polar surface area (TPSA) is 44.8 Å². The molecular formula is C14H16F2O4. The van der Waals surface area contributed by atoms with Crippen molar-refractivity contribution in [2.24, 2.45) is 5.92 Å². The van der Waals surface area contributed by atoms with E-state index in [2.05, 4.69) is 4.74 Å². The van der Waals surface area contributed by atoms with E-state index in [9.17, 15) is 13.6 Å². The molecule has 0 atom stereocenters. The zero-order valence-electron chi connectivity index (χ0n) is 11.1. The van der Waals surface area contributed by atoms with E-state index in [1.807, 2.05) is 0 Å². The first-order chi connectivity index (χ1) is 9.60. The molecule has 0 bridgehead atoms. The Balaban J connectivity index is 2.15. The van der Waals surface area contributed by atoms with Crippen LogP contribution in [-0.2, 0) is 4.74 Å². The van der Waals surface area contributed by atoms with Crippen LogP contribution in [-0.4, -0.2) is 25.8 Å². The van der Waals surface area contributed by atoms with Gasteiger partial charge in [0.15, 0.2) is 11.5 Å². The third-order valence-electron chi connectivity index (χ3n) is 2.84. The van der Waals surface area contributed by atoms with Gasteiger partial charge in [0.25, 0.3) is 0 Å². The summed E-state index contributed by atoms with van der Waals surface area (Å²) in [7, 11) is 0. The predicted molar refractivity (Wildman–Crippen MR) is 67.2 cm³/mol. The normalized spacial score (nSPS) is 14.2. The van der Waals surface area contributed by atoms with E-state index >= 15 is 0 Å². The molecule has 0 aromatic heterocycles. The molecule has 0 aliphatic heterocycles. The number of ether oxygens (including phenoxy) is 3. The van der Waals surface area contributed by atoms with Crippen LogP contribution in [0.25, 0.3) is 0 Å². The number of carbonyl (C=O) groups is 1. The lowest BCUT2D eigenvalue weighted by molar-refractivity contribution is -0.0515. The van der Waals surface area contributed by atoms with Crippen molar-refractivity contribution >= 4 is 5.97 Å². The van der Waals surface area contributed by atoms with Crippen molar-refractivity contribution in [2.45, 2.75) is 26.4 Å². The van der Waals surface area contributed by atoms with Crippen LogP contribution >= 0.6 is 0 Å². The third kappa shape index (κ3) is 4.08. The molecule has 1 aliphatic carbocycles. The number of benzene rings is 1. The average molecular weight is 286 g/mol. The van der Waals surface area contributed by atoms with Gasteiger partial charge in [0.1, 0.15) is 0 Å². The summed E-state index contributed by atoms with van der Waals surface area (Å²) in [5, 5.41) is 0. The second-order valence-electron chi connectivity index (χ2n) is 4.51. The van der Waals surface area contributed by atoms with Gasteiger partial charge in [-0.2, -0.15) is 8.78 Å². The lowest BCUT2D eigenvalue weighted by atomic mass is 10.2. The summed E-state index contributed by atoms with van der Waals surface area (Å²) in [5.41, 5.74) is 0.249. The fraction of sp³-hybridized carbons (Fsp3) is 0.500. The number of carbonyl (C=O) groups excluding carboxylic acids is 1. The number of hydrogen-bond donors (Lipinski definition) is 0. The maximum Gasteiger partial charge on any atom is 0.387 e. The Bertz CT molecular complexity index is 472. The molecule has 1 aromatic rings. The Kier molecular flexibility index (Phi) is 4.76. The molecule has 6 heteroatoms. The SMILES string of the molecule is CCOC(=O)c1ccc(OC(F)F)c(OCC2CC2)c1. The second kappa shape index (κ2) is 6.54. The van der Waals surface area contributed by atoms with Crippen LogP contribution in [0.15, 0.2) is 18.2 Å². The second-order valence-corrected chi connectivity index (χ2v) is 4.51. The van der Waals surface area contributed by atoms with Crippen molar-refractivity contribution in [1.29, 1.82) is 0 Å². The molecule has 0 spiro atoms. The molecule has 0 N–H and O–H groups in total. The van der Waals surface area contributed by atoms with Crippen molar-refractivity contribution in [1.82, 2.24) is 0 Å². The Labute approximate surface area is 115 Å². The molecule has 0 radical (unpaired) electrons. The maximum atomic E-state index is 12.3. The van der Waals surface area contributed by atoms with Gasteiger partial charge in [-0.1, -0.05) is 0 Å². The van der Waals surface area contributed by atoms with Gasteiger partial charge in [-0.3, -0.25) is 0 Å². The Morgan fingerprint density at radius 3 is 2.70 bits per heavy atom. The lowest BCUT2D eigenvalue weighted by Crippen LogP contribution is -2.09. The number of halogens is 2. The van der Waals surface area contributed by atoms with Gasteiger partial charge >= 0.3 is 12.6 Å². The molecule has 0 amide bonds. The highest BCUT2D eigenvalue weighted by molar-refractivity contribution is 5.90. The number of alkyl halides is 2. The van der Waals surface area contributed by atoms with Crippen LogP contribution in [0, 0.1) is 5.92 Å². The molecule has 1 aromatic carbocycles. The fourth-order valence-corrected chi connectivity index (χ4v) is 1.65. The van der Waals surface area contributed by atoms with Gasteiger partial charge < -0.3 is 14.2 Å². The molecule has 1 aliphatic rings. The van der Waals surface area contributed by atoms with Crippen LogP contribution in [0.1, 0.15) is 30.1 Å². The number of hydrogen-bond acceptors (Lipinski definition) is 4. The number of rotatable bonds is 7. The average Bonchev–Trinajstić information content (AvgIpc) is 3.21. The smallest absolute Gasteiger partial charge is 0.387 e. The minimum Gasteiger partial charge on any atom is -0.489 e. The first kappa shape index (κ1) is 14.6. The van der Waals surface area contributed by atoms with Gasteiger partial charge in [0.2, 0.25) is 0 Å². The van der Waals surface area contributed by atoms with Crippen molar-refractivity contribution < 1.29 is 27.8 Å². The summed E-state index contributed by atoms with van der Waals surface area (Å²) < 4.78 is 39.3. The van der Waals surface area contributed by atoms with Crippen molar-refractivity contribution in [3.05, 3.63) is 23.8 Å². The van der Waals surface area contributed by atoms with E-state index in [0.717, 1.165) is 12.8 Å². The third-order valence-corrected chi connectivity index (χ3v) is 2.84. The molecule has 0 heterocycles. The van der Waals surface area contributed by atoms with Gasteiger partial charge in [0.05, 0.1) is 18.8 Å². The summed E-state index contributed by atoms with van der Waals surface area (Å²) in [5.74, 6) is 0.00414. The van der Waals surface area contributed by atoms with Crippen LogP contribution < -0.4 is 9.47 Å². The van der Waals surface area contributed by atoms with E-state index in [1.54, 1.807) is 6.92 Å². The summed E-state index contributed by atoms with van der Waals surface area (Å²) in [6.45, 7) is -0.568. The van der Waals surface area contributed by atoms with E-state index in [-0.39, 0.29) is 23.7 Å². The van der Waals surface area contributed by atoms with E-state index in [4.69, 9.17) is 9.47 Å². The molecular weight excluding hydrogens is 270 g/mol.